The molecular weight excluding hydrogens is 476 g/mol. The van der Waals surface area contributed by atoms with Gasteiger partial charge in [0.15, 0.2) is 5.82 Å². The highest BCUT2D eigenvalue weighted by molar-refractivity contribution is 5.29. The zero-order valence-electron chi connectivity index (χ0n) is 19.7. The highest BCUT2D eigenvalue weighted by Gasteiger charge is 2.33. The van der Waals surface area contributed by atoms with E-state index in [0.29, 0.717) is 11.9 Å². The number of alkyl halides is 3. The van der Waals surface area contributed by atoms with E-state index in [1.165, 1.54) is 43.5 Å². The van der Waals surface area contributed by atoms with Crippen LogP contribution in [0.2, 0.25) is 0 Å². The van der Waals surface area contributed by atoms with Gasteiger partial charge in [0, 0.05) is 25.7 Å². The van der Waals surface area contributed by atoms with Crippen molar-refractivity contribution in [1.29, 1.82) is 0 Å². The van der Waals surface area contributed by atoms with E-state index >= 15 is 0 Å². The number of aromatic nitrogens is 4. The molecule has 1 saturated carbocycles. The third-order valence-corrected chi connectivity index (χ3v) is 7.00. The van der Waals surface area contributed by atoms with E-state index in [4.69, 9.17) is 0 Å². The summed E-state index contributed by atoms with van der Waals surface area (Å²) in [7, 11) is 0. The fraction of sp³-hybridized carbons (Fsp3) is 0.480. The Balaban J connectivity index is 1.39. The predicted molar refractivity (Wildman–Crippen MR) is 124 cm³/mol. The van der Waals surface area contributed by atoms with Crippen LogP contribution in [-0.4, -0.2) is 68.6 Å². The van der Waals surface area contributed by atoms with Gasteiger partial charge in [-0.05, 0) is 71.6 Å². The van der Waals surface area contributed by atoms with Crippen molar-refractivity contribution in [3.05, 3.63) is 71.3 Å². The molecule has 2 aromatic carbocycles. The topological polar surface area (TPSA) is 59.3 Å². The Labute approximate surface area is 206 Å². The molecule has 0 spiro atoms. The van der Waals surface area contributed by atoms with E-state index in [1.54, 1.807) is 28.9 Å². The van der Waals surface area contributed by atoms with E-state index < -0.39 is 6.36 Å². The maximum Gasteiger partial charge on any atom is 0.573 e. The van der Waals surface area contributed by atoms with E-state index in [0.717, 1.165) is 43.7 Å². The van der Waals surface area contributed by atoms with E-state index in [2.05, 4.69) is 30.1 Å². The quantitative estimate of drug-likeness (QED) is 0.445. The molecule has 1 aliphatic carbocycles. The van der Waals surface area contributed by atoms with Crippen molar-refractivity contribution in [2.75, 3.05) is 26.2 Å². The molecule has 0 amide bonds. The predicted octanol–water partition coefficient (Wildman–Crippen LogP) is 4.41. The lowest BCUT2D eigenvalue weighted by molar-refractivity contribution is -0.274. The maximum atomic E-state index is 13.7. The molecule has 1 saturated heterocycles. The Morgan fingerprint density at radius 2 is 1.67 bits per heavy atom. The third kappa shape index (κ3) is 5.84. The highest BCUT2D eigenvalue weighted by Crippen LogP contribution is 2.31. The number of ether oxygens (including phenoxy) is 1. The molecule has 2 fully saturated rings. The monoisotopic (exact) mass is 504 g/mol. The number of hydrogen-bond donors (Lipinski definition) is 0. The number of benzene rings is 2. The molecule has 3 aromatic rings. The molecule has 2 heterocycles. The minimum absolute atomic E-state index is 0.272. The van der Waals surface area contributed by atoms with Crippen molar-refractivity contribution < 1.29 is 22.3 Å². The van der Waals surface area contributed by atoms with Gasteiger partial charge >= 0.3 is 6.36 Å². The van der Waals surface area contributed by atoms with Gasteiger partial charge in [-0.2, -0.15) is 0 Å². The van der Waals surface area contributed by atoms with E-state index in [-0.39, 0.29) is 24.2 Å². The number of rotatable bonds is 7. The van der Waals surface area contributed by atoms with E-state index in [1.807, 2.05) is 0 Å². The third-order valence-electron chi connectivity index (χ3n) is 7.00. The lowest BCUT2D eigenvalue weighted by atomic mass is 9.91. The van der Waals surface area contributed by atoms with Gasteiger partial charge in [0.05, 0.1) is 12.6 Å². The van der Waals surface area contributed by atoms with Gasteiger partial charge in [0.1, 0.15) is 11.6 Å². The molecule has 1 aliphatic heterocycles. The Morgan fingerprint density at radius 3 is 2.33 bits per heavy atom. The largest absolute Gasteiger partial charge is 0.573 e. The molecule has 5 rings (SSSR count). The van der Waals surface area contributed by atoms with Crippen LogP contribution in [0.25, 0.3) is 0 Å². The Hall–Kier alpha value is -3.05. The van der Waals surface area contributed by atoms with Crippen LogP contribution in [0.3, 0.4) is 0 Å². The van der Waals surface area contributed by atoms with Crippen molar-refractivity contribution in [3.8, 4) is 5.75 Å². The van der Waals surface area contributed by atoms with Crippen LogP contribution in [0.5, 0.6) is 5.75 Å². The van der Waals surface area contributed by atoms with Crippen LogP contribution in [0.15, 0.2) is 48.5 Å². The van der Waals surface area contributed by atoms with Gasteiger partial charge in [-0.15, -0.1) is 18.3 Å². The fourth-order valence-corrected chi connectivity index (χ4v) is 4.99. The standard InChI is InChI=1S/C25H28F4N6O/c26-20-9-7-19(8-10-20)23(34-14-2-13-33(15-16-34)21-3-1-4-21)24-30-31-32-35(24)17-18-5-11-22(12-6-18)36-25(27,28)29/h5-12,21,23H,1-4,13-17H2. The van der Waals surface area contributed by atoms with Gasteiger partial charge in [0.25, 0.3) is 0 Å². The second-order valence-electron chi connectivity index (χ2n) is 9.35. The van der Waals surface area contributed by atoms with E-state index in [9.17, 15) is 17.6 Å². The van der Waals surface area contributed by atoms with Crippen LogP contribution in [-0.2, 0) is 6.54 Å². The summed E-state index contributed by atoms with van der Waals surface area (Å²) in [6, 6.07) is 12.4. The SMILES string of the molecule is Fc1ccc(C(c2nnnn2Cc2ccc(OC(F)(F)F)cc2)N2CCCN(C3CCC3)CC2)cc1. The first-order chi connectivity index (χ1) is 17.4. The van der Waals surface area contributed by atoms with Gasteiger partial charge in [0.2, 0.25) is 0 Å². The minimum Gasteiger partial charge on any atom is -0.406 e. The number of tetrazole rings is 1. The van der Waals surface area contributed by atoms with Crippen molar-refractivity contribution >= 4 is 0 Å². The summed E-state index contributed by atoms with van der Waals surface area (Å²) in [5, 5.41) is 12.4. The zero-order valence-corrected chi connectivity index (χ0v) is 19.7. The maximum absolute atomic E-state index is 13.7. The lowest BCUT2D eigenvalue weighted by Gasteiger charge is -2.37. The van der Waals surface area contributed by atoms with Gasteiger partial charge < -0.3 is 4.74 Å². The molecule has 0 N–H and O–H groups in total. The second-order valence-corrected chi connectivity index (χ2v) is 9.35. The molecular formula is C25H28F4N6O. The molecule has 2 aliphatic rings. The molecule has 0 radical (unpaired) electrons. The first-order valence-electron chi connectivity index (χ1n) is 12.2. The van der Waals surface area contributed by atoms with Crippen molar-refractivity contribution in [2.24, 2.45) is 0 Å². The summed E-state index contributed by atoms with van der Waals surface area (Å²) in [6.07, 6.45) is 0.0741. The average Bonchev–Trinajstić information content (AvgIpc) is 3.11. The van der Waals surface area contributed by atoms with Gasteiger partial charge in [-0.1, -0.05) is 30.7 Å². The normalized spacial score (nSPS) is 19.0. The zero-order chi connectivity index (χ0) is 25.1. The number of nitrogens with zero attached hydrogens (tertiary/aromatic N) is 6. The lowest BCUT2D eigenvalue weighted by Crippen LogP contribution is -2.42. The summed E-state index contributed by atoms with van der Waals surface area (Å²) in [6.45, 7) is 3.95. The molecule has 11 heteroatoms. The van der Waals surface area contributed by atoms with Crippen molar-refractivity contribution in [3.63, 3.8) is 0 Å². The van der Waals surface area contributed by atoms with Crippen LogP contribution < -0.4 is 4.74 Å². The first-order valence-corrected chi connectivity index (χ1v) is 12.2. The molecule has 1 atom stereocenters. The Bertz CT molecular complexity index is 1130. The van der Waals surface area contributed by atoms with Crippen LogP contribution in [0.1, 0.15) is 48.7 Å². The molecule has 36 heavy (non-hydrogen) atoms. The molecule has 0 bridgehead atoms. The summed E-state index contributed by atoms with van der Waals surface area (Å²) < 4.78 is 56.8. The van der Waals surface area contributed by atoms with Crippen LogP contribution in [0, 0.1) is 5.82 Å². The molecule has 192 valence electrons. The first kappa shape index (κ1) is 24.6. The molecule has 7 nitrogen and oxygen atoms in total. The Kier molecular flexibility index (Phi) is 7.20. The van der Waals surface area contributed by atoms with Gasteiger partial charge in [-0.25, -0.2) is 9.07 Å². The van der Waals surface area contributed by atoms with Crippen molar-refractivity contribution in [1.82, 2.24) is 30.0 Å². The average molecular weight is 505 g/mol. The molecule has 1 aromatic heterocycles. The number of hydrogen-bond acceptors (Lipinski definition) is 6. The summed E-state index contributed by atoms with van der Waals surface area (Å²) in [5.74, 6) is 0.00700. The Morgan fingerprint density at radius 1 is 0.917 bits per heavy atom. The van der Waals surface area contributed by atoms with Gasteiger partial charge in [-0.3, -0.25) is 9.80 Å². The smallest absolute Gasteiger partial charge is 0.406 e. The number of halogens is 4. The highest BCUT2D eigenvalue weighted by atomic mass is 19.4. The fourth-order valence-electron chi connectivity index (χ4n) is 4.99. The van der Waals surface area contributed by atoms with Crippen LogP contribution in [0.4, 0.5) is 17.6 Å². The second kappa shape index (κ2) is 10.5. The summed E-state index contributed by atoms with van der Waals surface area (Å²) in [4.78, 5) is 4.91. The van der Waals surface area contributed by atoms with Crippen molar-refractivity contribution in [2.45, 2.75) is 50.7 Å². The summed E-state index contributed by atoms with van der Waals surface area (Å²) in [5.41, 5.74) is 1.61. The molecule has 1 unspecified atom stereocenters. The summed E-state index contributed by atoms with van der Waals surface area (Å²) >= 11 is 0. The minimum atomic E-state index is -4.74. The van der Waals surface area contributed by atoms with Crippen LogP contribution >= 0.6 is 0 Å².